The summed E-state index contributed by atoms with van der Waals surface area (Å²) < 4.78 is 33.3. The third kappa shape index (κ3) is 3.74. The molecule has 2 heterocycles. The summed E-state index contributed by atoms with van der Waals surface area (Å²) in [5, 5.41) is 3.11. The average Bonchev–Trinajstić information content (AvgIpc) is 2.97. The molecule has 0 aliphatic carbocycles. The molecule has 0 aromatic carbocycles. The molecule has 7 nitrogen and oxygen atoms in total. The summed E-state index contributed by atoms with van der Waals surface area (Å²) in [7, 11) is -1.62. The fourth-order valence-electron chi connectivity index (χ4n) is 2.94. The van der Waals surface area contributed by atoms with Gasteiger partial charge in [-0.15, -0.1) is 0 Å². The second-order valence-corrected chi connectivity index (χ2v) is 7.52. The van der Waals surface area contributed by atoms with Crippen LogP contribution in [0.4, 0.5) is 0 Å². The lowest BCUT2D eigenvalue weighted by atomic mass is 10.0. The Labute approximate surface area is 126 Å². The fraction of sp³-hybridized carbons (Fsp3) is 0.923. The normalized spacial score (nSPS) is 28.7. The first-order chi connectivity index (χ1) is 9.98. The van der Waals surface area contributed by atoms with E-state index in [4.69, 9.17) is 4.74 Å². The van der Waals surface area contributed by atoms with E-state index in [0.717, 1.165) is 6.42 Å². The second kappa shape index (κ2) is 7.04. The lowest BCUT2D eigenvalue weighted by Gasteiger charge is -2.33. The summed E-state index contributed by atoms with van der Waals surface area (Å²) in [5.41, 5.74) is 0. The molecule has 2 fully saturated rings. The zero-order chi connectivity index (χ0) is 15.5. The molecular weight excluding hydrogens is 294 g/mol. The van der Waals surface area contributed by atoms with Gasteiger partial charge in [-0.2, -0.15) is 17.0 Å². The van der Waals surface area contributed by atoms with Crippen LogP contribution in [0.3, 0.4) is 0 Å². The number of rotatable bonds is 5. The van der Waals surface area contributed by atoms with Crippen molar-refractivity contribution in [2.75, 3.05) is 39.8 Å². The number of piperidine rings is 1. The van der Waals surface area contributed by atoms with E-state index in [1.807, 2.05) is 7.05 Å². The van der Waals surface area contributed by atoms with Crippen LogP contribution in [0.1, 0.15) is 26.2 Å². The molecule has 2 aliphatic heterocycles. The van der Waals surface area contributed by atoms with E-state index in [9.17, 15) is 13.2 Å². The highest BCUT2D eigenvalue weighted by atomic mass is 32.2. The molecule has 2 rings (SSSR count). The number of hydrogen-bond acceptors (Lipinski definition) is 5. The summed E-state index contributed by atoms with van der Waals surface area (Å²) in [5.74, 6) is -0.622. The molecule has 0 bridgehead atoms. The Morgan fingerprint density at radius 3 is 2.57 bits per heavy atom. The minimum atomic E-state index is -3.47. The van der Waals surface area contributed by atoms with Gasteiger partial charge in [0.05, 0.1) is 12.5 Å². The Bertz CT molecular complexity index is 468. The van der Waals surface area contributed by atoms with Gasteiger partial charge >= 0.3 is 5.97 Å². The molecule has 0 saturated carbocycles. The summed E-state index contributed by atoms with van der Waals surface area (Å²) >= 11 is 0. The Hall–Kier alpha value is -0.700. The molecule has 21 heavy (non-hydrogen) atoms. The van der Waals surface area contributed by atoms with Crippen LogP contribution in [-0.4, -0.2) is 68.9 Å². The molecule has 0 radical (unpaired) electrons. The van der Waals surface area contributed by atoms with Crippen LogP contribution in [0, 0.1) is 5.92 Å². The molecule has 0 amide bonds. The van der Waals surface area contributed by atoms with Crippen molar-refractivity contribution in [1.82, 2.24) is 13.9 Å². The van der Waals surface area contributed by atoms with E-state index in [1.165, 1.54) is 8.61 Å². The van der Waals surface area contributed by atoms with E-state index >= 15 is 0 Å². The minimum Gasteiger partial charge on any atom is -0.466 e. The van der Waals surface area contributed by atoms with E-state index in [2.05, 4.69) is 5.32 Å². The largest absolute Gasteiger partial charge is 0.466 e. The van der Waals surface area contributed by atoms with Gasteiger partial charge in [0.15, 0.2) is 0 Å². The van der Waals surface area contributed by atoms with Gasteiger partial charge in [0.2, 0.25) is 0 Å². The van der Waals surface area contributed by atoms with Crippen LogP contribution in [0.15, 0.2) is 0 Å². The Kier molecular flexibility index (Phi) is 5.59. The number of carbonyl (C=O) groups excluding carboxylic acids is 1. The third-order valence-electron chi connectivity index (χ3n) is 4.22. The van der Waals surface area contributed by atoms with Crippen molar-refractivity contribution in [2.45, 2.75) is 32.2 Å². The van der Waals surface area contributed by atoms with Crippen molar-refractivity contribution in [3.05, 3.63) is 0 Å². The summed E-state index contributed by atoms with van der Waals surface area (Å²) in [6, 6.07) is 0.213. The summed E-state index contributed by atoms with van der Waals surface area (Å²) in [6.07, 6.45) is 2.22. The van der Waals surface area contributed by atoms with Crippen molar-refractivity contribution in [3.63, 3.8) is 0 Å². The monoisotopic (exact) mass is 319 g/mol. The maximum Gasteiger partial charge on any atom is 0.310 e. The minimum absolute atomic E-state index is 0.213. The number of nitrogens with one attached hydrogen (secondary N) is 1. The Morgan fingerprint density at radius 1 is 1.24 bits per heavy atom. The number of ether oxygens (including phenoxy) is 1. The van der Waals surface area contributed by atoms with Gasteiger partial charge in [0.1, 0.15) is 0 Å². The average molecular weight is 319 g/mol. The topological polar surface area (TPSA) is 79.0 Å². The molecule has 2 aliphatic rings. The van der Waals surface area contributed by atoms with Crippen molar-refractivity contribution in [1.29, 1.82) is 0 Å². The van der Waals surface area contributed by atoms with Crippen molar-refractivity contribution < 1.29 is 17.9 Å². The predicted molar refractivity (Wildman–Crippen MR) is 78.9 cm³/mol. The van der Waals surface area contributed by atoms with Gasteiger partial charge in [-0.1, -0.05) is 0 Å². The number of hydrogen-bond donors (Lipinski definition) is 1. The maximum atomic E-state index is 12.6. The smallest absolute Gasteiger partial charge is 0.310 e. The first-order valence-corrected chi connectivity index (χ1v) is 8.97. The number of esters is 1. The number of nitrogens with zero attached hydrogens (tertiary/aromatic N) is 2. The Morgan fingerprint density at radius 2 is 1.95 bits per heavy atom. The predicted octanol–water partition coefficient (Wildman–Crippen LogP) is -0.200. The van der Waals surface area contributed by atoms with Crippen molar-refractivity contribution in [3.8, 4) is 0 Å². The molecule has 2 saturated heterocycles. The van der Waals surface area contributed by atoms with Crippen molar-refractivity contribution in [2.24, 2.45) is 5.92 Å². The van der Waals surface area contributed by atoms with Crippen LogP contribution in [-0.2, 0) is 19.7 Å². The Balaban J connectivity index is 2.01. The van der Waals surface area contributed by atoms with Crippen LogP contribution in [0.2, 0.25) is 0 Å². The van der Waals surface area contributed by atoms with Gasteiger partial charge in [-0.3, -0.25) is 4.79 Å². The van der Waals surface area contributed by atoms with Gasteiger partial charge < -0.3 is 10.1 Å². The van der Waals surface area contributed by atoms with Crippen LogP contribution >= 0.6 is 0 Å². The highest BCUT2D eigenvalue weighted by molar-refractivity contribution is 7.86. The molecule has 0 aromatic heterocycles. The zero-order valence-electron chi connectivity index (χ0n) is 12.7. The van der Waals surface area contributed by atoms with E-state index in [1.54, 1.807) is 6.92 Å². The SMILES string of the molecule is CCOC(=O)C1CCCN(S(=O)(=O)N2CCC(NC)C2)C1. The van der Waals surface area contributed by atoms with Gasteiger partial charge in [-0.25, -0.2) is 0 Å². The quantitative estimate of drug-likeness (QED) is 0.710. The molecule has 0 spiro atoms. The first-order valence-electron chi connectivity index (χ1n) is 7.58. The summed E-state index contributed by atoms with van der Waals surface area (Å²) in [4.78, 5) is 11.8. The fourth-order valence-corrected chi connectivity index (χ4v) is 4.70. The van der Waals surface area contributed by atoms with Crippen molar-refractivity contribution >= 4 is 16.2 Å². The van der Waals surface area contributed by atoms with Gasteiger partial charge in [-0.05, 0) is 33.2 Å². The molecule has 1 N–H and O–H groups in total. The van der Waals surface area contributed by atoms with Gasteiger partial charge in [0, 0.05) is 32.2 Å². The van der Waals surface area contributed by atoms with Gasteiger partial charge in [0.25, 0.3) is 10.2 Å². The lowest BCUT2D eigenvalue weighted by molar-refractivity contribution is -0.149. The molecule has 8 heteroatoms. The number of carbonyl (C=O) groups is 1. The maximum absolute atomic E-state index is 12.6. The number of likely N-dealkylation sites (N-methyl/N-ethyl adjacent to an activating group) is 1. The van der Waals surface area contributed by atoms with Crippen LogP contribution in [0.5, 0.6) is 0 Å². The van der Waals surface area contributed by atoms with Crippen LogP contribution < -0.4 is 5.32 Å². The van der Waals surface area contributed by atoms with E-state index in [-0.39, 0.29) is 24.5 Å². The molecule has 2 unspecified atom stereocenters. The highest BCUT2D eigenvalue weighted by Gasteiger charge is 2.39. The highest BCUT2D eigenvalue weighted by Crippen LogP contribution is 2.24. The van der Waals surface area contributed by atoms with Crippen LogP contribution in [0.25, 0.3) is 0 Å². The zero-order valence-corrected chi connectivity index (χ0v) is 13.6. The summed E-state index contributed by atoms with van der Waals surface area (Å²) in [6.45, 7) is 3.85. The molecule has 122 valence electrons. The lowest BCUT2D eigenvalue weighted by Crippen LogP contribution is -2.49. The molecule has 2 atom stereocenters. The molecular formula is C13H25N3O4S. The van der Waals surface area contributed by atoms with E-state index in [0.29, 0.717) is 39.1 Å². The second-order valence-electron chi connectivity index (χ2n) is 5.59. The first kappa shape index (κ1) is 16.7. The molecule has 0 aromatic rings. The standard InChI is InChI=1S/C13H25N3O4S/c1-3-20-13(17)11-5-4-7-15(9-11)21(18,19)16-8-6-12(10-16)14-2/h11-12,14H,3-10H2,1-2H3. The third-order valence-corrected chi connectivity index (χ3v) is 6.18. The van der Waals surface area contributed by atoms with E-state index < -0.39 is 10.2 Å².